The van der Waals surface area contributed by atoms with Crippen LogP contribution in [0.4, 0.5) is 0 Å². The van der Waals surface area contributed by atoms with E-state index in [4.69, 9.17) is 0 Å². The summed E-state index contributed by atoms with van der Waals surface area (Å²) in [5.74, 6) is 0.773. The minimum atomic E-state index is -3.52. The van der Waals surface area contributed by atoms with E-state index in [9.17, 15) is 8.42 Å². The molecule has 19 heavy (non-hydrogen) atoms. The lowest BCUT2D eigenvalue weighted by Gasteiger charge is -2.04. The molecular formula is C13H17N3O2S. The van der Waals surface area contributed by atoms with Crippen LogP contribution in [0.3, 0.4) is 0 Å². The minimum absolute atomic E-state index is 0.0934. The molecule has 0 spiro atoms. The summed E-state index contributed by atoms with van der Waals surface area (Å²) in [6.45, 7) is 3.88. The molecule has 0 atom stereocenters. The van der Waals surface area contributed by atoms with Crippen LogP contribution in [0.2, 0.25) is 0 Å². The standard InChI is InChI=1S/C13H17N3O2S/c1-3-11-14-13(19(17,18)15-10-6-7-10)12-9(2)5-4-8-16(11)12/h4-5,8,10,15H,3,6-7H2,1-2H3. The molecule has 1 saturated carbocycles. The number of nitrogens with zero attached hydrogens (tertiary/aromatic N) is 2. The Bertz CT molecular complexity index is 730. The smallest absolute Gasteiger partial charge is 0.260 e. The predicted octanol–water partition coefficient (Wildman–Crippen LogP) is 1.65. The first-order chi connectivity index (χ1) is 9.03. The quantitative estimate of drug-likeness (QED) is 0.925. The summed E-state index contributed by atoms with van der Waals surface area (Å²) >= 11 is 0. The zero-order valence-electron chi connectivity index (χ0n) is 11.0. The molecule has 1 N–H and O–H groups in total. The van der Waals surface area contributed by atoms with Gasteiger partial charge in [0.25, 0.3) is 10.0 Å². The molecule has 0 aromatic carbocycles. The molecule has 1 fully saturated rings. The van der Waals surface area contributed by atoms with Crippen LogP contribution in [0.5, 0.6) is 0 Å². The molecule has 5 nitrogen and oxygen atoms in total. The van der Waals surface area contributed by atoms with Crippen LogP contribution < -0.4 is 4.72 Å². The summed E-state index contributed by atoms with van der Waals surface area (Å²) in [5.41, 5.74) is 1.61. The third-order valence-electron chi connectivity index (χ3n) is 3.38. The van der Waals surface area contributed by atoms with Gasteiger partial charge in [0.15, 0.2) is 5.03 Å². The Morgan fingerprint density at radius 3 is 2.84 bits per heavy atom. The third-order valence-corrected chi connectivity index (χ3v) is 4.81. The van der Waals surface area contributed by atoms with E-state index in [-0.39, 0.29) is 11.1 Å². The van der Waals surface area contributed by atoms with Crippen LogP contribution in [-0.2, 0) is 16.4 Å². The highest BCUT2D eigenvalue weighted by Gasteiger charge is 2.31. The van der Waals surface area contributed by atoms with Crippen molar-refractivity contribution in [1.82, 2.24) is 14.1 Å². The molecule has 0 aliphatic heterocycles. The van der Waals surface area contributed by atoms with E-state index in [1.165, 1.54) is 0 Å². The second-order valence-electron chi connectivity index (χ2n) is 4.99. The Balaban J connectivity index is 2.22. The van der Waals surface area contributed by atoms with E-state index < -0.39 is 10.0 Å². The van der Waals surface area contributed by atoms with E-state index >= 15 is 0 Å². The van der Waals surface area contributed by atoms with E-state index in [1.807, 2.05) is 36.6 Å². The van der Waals surface area contributed by atoms with Crippen LogP contribution >= 0.6 is 0 Å². The number of imidazole rings is 1. The fourth-order valence-corrected chi connectivity index (χ4v) is 3.77. The topological polar surface area (TPSA) is 63.5 Å². The number of aromatic nitrogens is 2. The van der Waals surface area contributed by atoms with Gasteiger partial charge in [-0.05, 0) is 31.4 Å². The van der Waals surface area contributed by atoms with Gasteiger partial charge < -0.3 is 4.40 Å². The lowest BCUT2D eigenvalue weighted by atomic mass is 10.2. The average Bonchev–Trinajstić information content (AvgIpc) is 3.06. The van der Waals surface area contributed by atoms with Crippen LogP contribution in [-0.4, -0.2) is 23.8 Å². The number of aryl methyl sites for hydroxylation is 2. The normalized spacial score (nSPS) is 16.1. The van der Waals surface area contributed by atoms with Gasteiger partial charge in [0.1, 0.15) is 5.82 Å². The summed E-state index contributed by atoms with van der Waals surface area (Å²) in [7, 11) is -3.52. The summed E-state index contributed by atoms with van der Waals surface area (Å²) in [4.78, 5) is 4.33. The average molecular weight is 279 g/mol. The van der Waals surface area contributed by atoms with Crippen molar-refractivity contribution in [3.8, 4) is 0 Å². The molecule has 2 heterocycles. The number of fused-ring (bicyclic) bond motifs is 1. The first kappa shape index (κ1) is 12.6. The molecule has 1 aliphatic rings. The van der Waals surface area contributed by atoms with Gasteiger partial charge in [-0.3, -0.25) is 0 Å². The largest absolute Gasteiger partial charge is 0.302 e. The molecule has 0 amide bonds. The SMILES string of the molecule is CCc1nc(S(=O)(=O)NC2CC2)c2c(C)cccn12. The Kier molecular flexibility index (Phi) is 2.87. The van der Waals surface area contributed by atoms with Crippen LogP contribution in [0.15, 0.2) is 23.4 Å². The van der Waals surface area contributed by atoms with Crippen molar-refractivity contribution in [2.75, 3.05) is 0 Å². The molecular weight excluding hydrogens is 262 g/mol. The Morgan fingerprint density at radius 1 is 1.47 bits per heavy atom. The highest BCUT2D eigenvalue weighted by Crippen LogP contribution is 2.26. The maximum absolute atomic E-state index is 12.4. The van der Waals surface area contributed by atoms with E-state index in [0.29, 0.717) is 11.9 Å². The number of nitrogens with one attached hydrogen (secondary N) is 1. The monoisotopic (exact) mass is 279 g/mol. The van der Waals surface area contributed by atoms with Crippen molar-refractivity contribution in [3.05, 3.63) is 29.7 Å². The van der Waals surface area contributed by atoms with Gasteiger partial charge in [-0.2, -0.15) is 0 Å². The zero-order chi connectivity index (χ0) is 13.6. The van der Waals surface area contributed by atoms with Crippen molar-refractivity contribution in [2.24, 2.45) is 0 Å². The van der Waals surface area contributed by atoms with Gasteiger partial charge in [0.2, 0.25) is 0 Å². The third kappa shape index (κ3) is 2.15. The molecule has 0 radical (unpaired) electrons. The Morgan fingerprint density at radius 2 is 2.21 bits per heavy atom. The molecule has 0 unspecified atom stereocenters. The number of pyridine rings is 1. The van der Waals surface area contributed by atoms with Crippen molar-refractivity contribution in [2.45, 2.75) is 44.2 Å². The number of hydrogen-bond donors (Lipinski definition) is 1. The molecule has 102 valence electrons. The highest BCUT2D eigenvalue weighted by molar-refractivity contribution is 7.89. The molecule has 6 heteroatoms. The molecule has 2 aromatic heterocycles. The highest BCUT2D eigenvalue weighted by atomic mass is 32.2. The number of sulfonamides is 1. The minimum Gasteiger partial charge on any atom is -0.302 e. The number of rotatable bonds is 4. The van der Waals surface area contributed by atoms with Crippen molar-refractivity contribution >= 4 is 15.5 Å². The van der Waals surface area contributed by atoms with Crippen LogP contribution in [0.1, 0.15) is 31.2 Å². The lowest BCUT2D eigenvalue weighted by molar-refractivity contribution is 0.578. The molecule has 2 aromatic rings. The fraction of sp³-hybridized carbons (Fsp3) is 0.462. The molecule has 0 saturated heterocycles. The van der Waals surface area contributed by atoms with Crippen molar-refractivity contribution in [1.29, 1.82) is 0 Å². The van der Waals surface area contributed by atoms with Gasteiger partial charge >= 0.3 is 0 Å². The predicted molar refractivity (Wildman–Crippen MR) is 72.7 cm³/mol. The zero-order valence-corrected chi connectivity index (χ0v) is 11.9. The first-order valence-corrected chi connectivity index (χ1v) is 8.00. The summed E-state index contributed by atoms with van der Waals surface area (Å²) in [6.07, 6.45) is 4.41. The van der Waals surface area contributed by atoms with Gasteiger partial charge in [-0.25, -0.2) is 18.1 Å². The van der Waals surface area contributed by atoms with E-state index in [1.54, 1.807) is 0 Å². The number of hydrogen-bond acceptors (Lipinski definition) is 3. The summed E-state index contributed by atoms with van der Waals surface area (Å²) in [5, 5.41) is 0.161. The van der Waals surface area contributed by atoms with Crippen molar-refractivity contribution in [3.63, 3.8) is 0 Å². The summed E-state index contributed by atoms with van der Waals surface area (Å²) in [6, 6.07) is 3.91. The summed E-state index contributed by atoms with van der Waals surface area (Å²) < 4.78 is 29.4. The van der Waals surface area contributed by atoms with Gasteiger partial charge in [0, 0.05) is 18.7 Å². The maximum atomic E-state index is 12.4. The molecule has 3 rings (SSSR count). The first-order valence-electron chi connectivity index (χ1n) is 6.52. The second kappa shape index (κ2) is 4.31. The Hall–Kier alpha value is -1.40. The van der Waals surface area contributed by atoms with E-state index in [2.05, 4.69) is 9.71 Å². The van der Waals surface area contributed by atoms with Gasteiger partial charge in [-0.1, -0.05) is 13.0 Å². The molecule has 0 bridgehead atoms. The second-order valence-corrected chi connectivity index (χ2v) is 6.62. The van der Waals surface area contributed by atoms with Gasteiger partial charge in [-0.15, -0.1) is 0 Å². The van der Waals surface area contributed by atoms with E-state index in [0.717, 1.165) is 24.2 Å². The van der Waals surface area contributed by atoms with Crippen LogP contribution in [0, 0.1) is 6.92 Å². The maximum Gasteiger partial charge on any atom is 0.260 e. The van der Waals surface area contributed by atoms with Crippen LogP contribution in [0.25, 0.3) is 5.52 Å². The van der Waals surface area contributed by atoms with Crippen molar-refractivity contribution < 1.29 is 8.42 Å². The van der Waals surface area contributed by atoms with Gasteiger partial charge in [0.05, 0.1) is 5.52 Å². The fourth-order valence-electron chi connectivity index (χ4n) is 2.24. The lowest BCUT2D eigenvalue weighted by Crippen LogP contribution is -2.26. The Labute approximate surface area is 112 Å². The molecule has 1 aliphatic carbocycles.